The molecule has 3 aromatic carbocycles. The molecular weight excluding hydrogens is 384 g/mol. The lowest BCUT2D eigenvalue weighted by molar-refractivity contribution is 0.0734. The molecule has 1 aliphatic heterocycles. The summed E-state index contributed by atoms with van der Waals surface area (Å²) in [5.41, 5.74) is 4.98. The first kappa shape index (κ1) is 19.1. The summed E-state index contributed by atoms with van der Waals surface area (Å²) in [5, 5.41) is 0. The van der Waals surface area contributed by atoms with Crippen molar-refractivity contribution in [1.82, 2.24) is 9.88 Å². The number of fused-ring (bicyclic) bond motifs is 1. The van der Waals surface area contributed by atoms with Gasteiger partial charge < -0.3 is 9.64 Å². The molecule has 0 saturated carbocycles. The highest BCUT2D eigenvalue weighted by molar-refractivity contribution is 5.94. The first-order valence-electron chi connectivity index (χ1n) is 10.4. The van der Waals surface area contributed by atoms with Crippen LogP contribution in [0.5, 0.6) is 11.5 Å². The Labute approximate surface area is 181 Å². The number of para-hydroxylation sites is 1. The molecule has 4 nitrogen and oxygen atoms in total. The molecule has 0 N–H and O–H groups in total. The summed E-state index contributed by atoms with van der Waals surface area (Å²) >= 11 is 0. The van der Waals surface area contributed by atoms with E-state index < -0.39 is 0 Å². The molecule has 31 heavy (non-hydrogen) atoms. The molecule has 0 aliphatic carbocycles. The minimum atomic E-state index is 0.0279. The third-order valence-corrected chi connectivity index (χ3v) is 5.56. The van der Waals surface area contributed by atoms with Crippen LogP contribution in [0.1, 0.15) is 21.5 Å². The number of hydrogen-bond acceptors (Lipinski definition) is 3. The van der Waals surface area contributed by atoms with E-state index in [1.54, 1.807) is 6.20 Å². The van der Waals surface area contributed by atoms with Crippen molar-refractivity contribution in [2.75, 3.05) is 6.54 Å². The first-order chi connectivity index (χ1) is 15.3. The first-order valence-corrected chi connectivity index (χ1v) is 10.4. The van der Waals surface area contributed by atoms with Crippen molar-refractivity contribution >= 4 is 5.91 Å². The predicted molar refractivity (Wildman–Crippen MR) is 121 cm³/mol. The van der Waals surface area contributed by atoms with Crippen molar-refractivity contribution < 1.29 is 9.53 Å². The molecule has 1 aliphatic rings. The molecule has 4 heteroatoms. The Morgan fingerprint density at radius 3 is 2.23 bits per heavy atom. The lowest BCUT2D eigenvalue weighted by Gasteiger charge is -2.28. The average Bonchev–Trinajstić information content (AvgIpc) is 2.84. The Bertz CT molecular complexity index is 1190. The van der Waals surface area contributed by atoms with Crippen molar-refractivity contribution in [2.45, 2.75) is 13.0 Å². The van der Waals surface area contributed by atoms with Gasteiger partial charge in [-0.1, -0.05) is 42.5 Å². The molecule has 0 spiro atoms. The van der Waals surface area contributed by atoms with Crippen molar-refractivity contribution in [2.24, 2.45) is 0 Å². The second-order valence-corrected chi connectivity index (χ2v) is 7.62. The fourth-order valence-corrected chi connectivity index (χ4v) is 3.86. The molecule has 0 radical (unpaired) electrons. The van der Waals surface area contributed by atoms with Gasteiger partial charge in [0.1, 0.15) is 11.5 Å². The second-order valence-electron chi connectivity index (χ2n) is 7.62. The second kappa shape index (κ2) is 8.44. The molecule has 0 saturated heterocycles. The highest BCUT2D eigenvalue weighted by Crippen LogP contribution is 2.25. The highest BCUT2D eigenvalue weighted by Gasteiger charge is 2.21. The van der Waals surface area contributed by atoms with Gasteiger partial charge in [0.15, 0.2) is 0 Å². The van der Waals surface area contributed by atoms with Crippen LogP contribution in [0, 0.1) is 0 Å². The van der Waals surface area contributed by atoms with Crippen LogP contribution in [-0.2, 0) is 13.0 Å². The molecule has 0 atom stereocenters. The third-order valence-electron chi connectivity index (χ3n) is 5.56. The van der Waals surface area contributed by atoms with Gasteiger partial charge in [-0.3, -0.25) is 9.78 Å². The Morgan fingerprint density at radius 1 is 0.774 bits per heavy atom. The maximum absolute atomic E-state index is 12.9. The SMILES string of the molecule is O=C(c1ccc(-c2ccc(Oc3ccccc3)cc2)nc1)N1CCc2ccccc2C1. The Kier molecular flexibility index (Phi) is 5.19. The van der Waals surface area contributed by atoms with Gasteiger partial charge in [-0.05, 0) is 66.1 Å². The lowest BCUT2D eigenvalue weighted by Crippen LogP contribution is -2.35. The van der Waals surface area contributed by atoms with Gasteiger partial charge in [0.25, 0.3) is 5.91 Å². The topological polar surface area (TPSA) is 42.4 Å². The number of pyridine rings is 1. The number of benzene rings is 3. The van der Waals surface area contributed by atoms with Gasteiger partial charge in [-0.15, -0.1) is 0 Å². The number of hydrogen-bond donors (Lipinski definition) is 0. The van der Waals surface area contributed by atoms with Gasteiger partial charge in [-0.25, -0.2) is 0 Å². The van der Waals surface area contributed by atoms with Crippen LogP contribution < -0.4 is 4.74 Å². The Morgan fingerprint density at radius 2 is 1.48 bits per heavy atom. The zero-order valence-corrected chi connectivity index (χ0v) is 17.1. The van der Waals surface area contributed by atoms with Crippen LogP contribution in [0.2, 0.25) is 0 Å². The van der Waals surface area contributed by atoms with Gasteiger partial charge in [0.2, 0.25) is 0 Å². The number of rotatable bonds is 4. The van der Waals surface area contributed by atoms with Crippen LogP contribution in [0.15, 0.2) is 97.2 Å². The molecule has 0 unspecified atom stereocenters. The molecule has 0 bridgehead atoms. The largest absolute Gasteiger partial charge is 0.457 e. The molecule has 1 amide bonds. The molecule has 5 rings (SSSR count). The van der Waals surface area contributed by atoms with E-state index in [1.807, 2.05) is 77.7 Å². The van der Waals surface area contributed by atoms with Crippen LogP contribution in [-0.4, -0.2) is 22.3 Å². The van der Waals surface area contributed by atoms with E-state index in [1.165, 1.54) is 11.1 Å². The van der Waals surface area contributed by atoms with E-state index in [9.17, 15) is 4.79 Å². The monoisotopic (exact) mass is 406 g/mol. The standard InChI is InChI=1S/C27H22N2O2/c30-27(29-17-16-20-6-4-5-7-23(20)19-29)22-12-15-26(28-18-22)21-10-13-25(14-11-21)31-24-8-2-1-3-9-24/h1-15,18H,16-17,19H2. The Balaban J connectivity index is 1.27. The van der Waals surface area contributed by atoms with Crippen LogP contribution >= 0.6 is 0 Å². The van der Waals surface area contributed by atoms with Crippen molar-refractivity contribution in [3.63, 3.8) is 0 Å². The number of carbonyl (C=O) groups excluding carboxylic acids is 1. The molecule has 1 aromatic heterocycles. The minimum Gasteiger partial charge on any atom is -0.457 e. The summed E-state index contributed by atoms with van der Waals surface area (Å²) < 4.78 is 5.84. The maximum Gasteiger partial charge on any atom is 0.255 e. The normalized spacial score (nSPS) is 12.8. The summed E-state index contributed by atoms with van der Waals surface area (Å²) in [4.78, 5) is 19.4. The predicted octanol–water partition coefficient (Wildman–Crippen LogP) is 5.74. The number of ether oxygens (including phenoxy) is 1. The van der Waals surface area contributed by atoms with E-state index in [0.29, 0.717) is 12.1 Å². The summed E-state index contributed by atoms with van der Waals surface area (Å²) in [6.07, 6.45) is 2.57. The summed E-state index contributed by atoms with van der Waals surface area (Å²) in [6.45, 7) is 1.39. The van der Waals surface area contributed by atoms with E-state index in [2.05, 4.69) is 23.2 Å². The summed E-state index contributed by atoms with van der Waals surface area (Å²) in [5.74, 6) is 1.60. The molecule has 152 valence electrons. The van der Waals surface area contributed by atoms with Gasteiger partial charge in [0, 0.05) is 24.8 Å². The quantitative estimate of drug-likeness (QED) is 0.434. The minimum absolute atomic E-state index is 0.0279. The maximum atomic E-state index is 12.9. The number of amides is 1. The average molecular weight is 406 g/mol. The lowest BCUT2D eigenvalue weighted by atomic mass is 9.99. The van der Waals surface area contributed by atoms with Crippen molar-refractivity contribution in [3.8, 4) is 22.8 Å². The van der Waals surface area contributed by atoms with E-state index >= 15 is 0 Å². The van der Waals surface area contributed by atoms with Crippen LogP contribution in [0.25, 0.3) is 11.3 Å². The van der Waals surface area contributed by atoms with Gasteiger partial charge in [0.05, 0.1) is 11.3 Å². The zero-order chi connectivity index (χ0) is 21.0. The zero-order valence-electron chi connectivity index (χ0n) is 17.1. The molecule has 0 fully saturated rings. The van der Waals surface area contributed by atoms with E-state index in [0.717, 1.165) is 35.7 Å². The molecule has 2 heterocycles. The Hall–Kier alpha value is -3.92. The number of aromatic nitrogens is 1. The van der Waals surface area contributed by atoms with Gasteiger partial charge in [-0.2, -0.15) is 0 Å². The number of nitrogens with zero attached hydrogens (tertiary/aromatic N) is 2. The summed E-state index contributed by atoms with van der Waals surface area (Å²) in [7, 11) is 0. The van der Waals surface area contributed by atoms with E-state index in [4.69, 9.17) is 4.74 Å². The number of carbonyl (C=O) groups is 1. The van der Waals surface area contributed by atoms with Crippen LogP contribution in [0.3, 0.4) is 0 Å². The van der Waals surface area contributed by atoms with Gasteiger partial charge >= 0.3 is 0 Å². The van der Waals surface area contributed by atoms with Crippen molar-refractivity contribution in [1.29, 1.82) is 0 Å². The van der Waals surface area contributed by atoms with Crippen LogP contribution in [0.4, 0.5) is 0 Å². The van der Waals surface area contributed by atoms with Crippen molar-refractivity contribution in [3.05, 3.63) is 114 Å². The summed E-state index contributed by atoms with van der Waals surface area (Å²) in [6, 6.07) is 29.6. The van der Waals surface area contributed by atoms with E-state index in [-0.39, 0.29) is 5.91 Å². The fraction of sp³-hybridized carbons (Fsp3) is 0.111. The third kappa shape index (κ3) is 4.19. The smallest absolute Gasteiger partial charge is 0.255 e. The highest BCUT2D eigenvalue weighted by atomic mass is 16.5. The molecular formula is C27H22N2O2. The molecule has 4 aromatic rings. The fourth-order valence-electron chi connectivity index (χ4n) is 3.86.